The van der Waals surface area contributed by atoms with Gasteiger partial charge in [-0.15, -0.1) is 22.7 Å². The quantitative estimate of drug-likeness (QED) is 0.592. The van der Waals surface area contributed by atoms with Crippen LogP contribution in [0.3, 0.4) is 0 Å². The Kier molecular flexibility index (Phi) is 5.91. The summed E-state index contributed by atoms with van der Waals surface area (Å²) in [5.74, 6) is -1.02. The molecule has 0 fully saturated rings. The monoisotopic (exact) mass is 414 g/mol. The lowest BCUT2D eigenvalue weighted by atomic mass is 10.1. The Labute approximate surface area is 170 Å². The van der Waals surface area contributed by atoms with Crippen LogP contribution in [-0.4, -0.2) is 24.9 Å². The molecule has 0 bridgehead atoms. The molecule has 1 aromatic carbocycles. The summed E-state index contributed by atoms with van der Waals surface area (Å²) in [5.41, 5.74) is 2.17. The molecule has 3 rings (SSSR count). The standard InChI is InChI=1S/C20H18N2O4S2/c1-11-12(2)28-19(16(11)20(25)26-3)22-17(23)13-6-8-14(9-7-13)21-18(24)15-5-4-10-27-15/h4-10H,1-3H3,(H,21,24)(H,22,23). The zero-order valence-corrected chi connectivity index (χ0v) is 17.1. The number of carbonyl (C=O) groups excluding carboxylic acids is 3. The average Bonchev–Trinajstić information content (AvgIpc) is 3.31. The van der Waals surface area contributed by atoms with E-state index in [-0.39, 0.29) is 11.8 Å². The number of benzene rings is 1. The lowest BCUT2D eigenvalue weighted by Gasteiger charge is -2.08. The molecule has 0 spiro atoms. The highest BCUT2D eigenvalue weighted by Crippen LogP contribution is 2.33. The molecular formula is C20H18N2O4S2. The van der Waals surface area contributed by atoms with E-state index in [1.807, 2.05) is 25.3 Å². The van der Waals surface area contributed by atoms with Gasteiger partial charge in [-0.05, 0) is 55.1 Å². The number of amides is 2. The molecule has 2 amide bonds. The Morgan fingerprint density at radius 3 is 2.29 bits per heavy atom. The first-order valence-corrected chi connectivity index (χ1v) is 10.0. The third-order valence-corrected chi connectivity index (χ3v) is 6.14. The summed E-state index contributed by atoms with van der Waals surface area (Å²) >= 11 is 2.68. The SMILES string of the molecule is COC(=O)c1c(NC(=O)c2ccc(NC(=O)c3cccs3)cc2)sc(C)c1C. The van der Waals surface area contributed by atoms with Crippen molar-refractivity contribution >= 4 is 51.1 Å². The van der Waals surface area contributed by atoms with Crippen LogP contribution in [0.25, 0.3) is 0 Å². The van der Waals surface area contributed by atoms with Gasteiger partial charge in [0.1, 0.15) is 5.00 Å². The lowest BCUT2D eigenvalue weighted by Crippen LogP contribution is -2.14. The van der Waals surface area contributed by atoms with Gasteiger partial charge in [0.25, 0.3) is 11.8 Å². The molecule has 0 aliphatic carbocycles. The average molecular weight is 415 g/mol. The summed E-state index contributed by atoms with van der Waals surface area (Å²) in [6, 6.07) is 10.1. The fraction of sp³-hybridized carbons (Fsp3) is 0.150. The van der Waals surface area contributed by atoms with Crippen LogP contribution in [0, 0.1) is 13.8 Å². The van der Waals surface area contributed by atoms with Crippen molar-refractivity contribution in [3.05, 3.63) is 68.2 Å². The van der Waals surface area contributed by atoms with E-state index >= 15 is 0 Å². The number of aryl methyl sites for hydroxylation is 1. The fourth-order valence-electron chi connectivity index (χ4n) is 2.54. The van der Waals surface area contributed by atoms with Gasteiger partial charge in [-0.2, -0.15) is 0 Å². The first-order valence-electron chi connectivity index (χ1n) is 8.35. The van der Waals surface area contributed by atoms with Gasteiger partial charge in [-0.3, -0.25) is 9.59 Å². The number of ether oxygens (including phenoxy) is 1. The molecule has 28 heavy (non-hydrogen) atoms. The van der Waals surface area contributed by atoms with E-state index in [2.05, 4.69) is 10.6 Å². The van der Waals surface area contributed by atoms with Crippen LogP contribution in [0.15, 0.2) is 41.8 Å². The van der Waals surface area contributed by atoms with E-state index < -0.39 is 5.97 Å². The van der Waals surface area contributed by atoms with E-state index in [4.69, 9.17) is 4.74 Å². The molecule has 0 aliphatic rings. The smallest absolute Gasteiger partial charge is 0.341 e. The summed E-state index contributed by atoms with van der Waals surface area (Å²) in [4.78, 5) is 38.2. The molecule has 3 aromatic rings. The van der Waals surface area contributed by atoms with Crippen molar-refractivity contribution in [2.75, 3.05) is 17.7 Å². The summed E-state index contributed by atoms with van der Waals surface area (Å²) in [5, 5.41) is 7.86. The molecule has 2 heterocycles. The highest BCUT2D eigenvalue weighted by Gasteiger charge is 2.22. The Morgan fingerprint density at radius 1 is 0.964 bits per heavy atom. The summed E-state index contributed by atoms with van der Waals surface area (Å²) in [7, 11) is 1.31. The Hall–Kier alpha value is -2.97. The first kappa shape index (κ1) is 19.8. The van der Waals surface area contributed by atoms with Gasteiger partial charge in [-0.25, -0.2) is 4.79 Å². The number of carbonyl (C=O) groups is 3. The highest BCUT2D eigenvalue weighted by molar-refractivity contribution is 7.16. The van der Waals surface area contributed by atoms with Crippen LogP contribution in [0.5, 0.6) is 0 Å². The van der Waals surface area contributed by atoms with Gasteiger partial charge in [0.2, 0.25) is 0 Å². The van der Waals surface area contributed by atoms with Gasteiger partial charge in [0, 0.05) is 16.1 Å². The number of thiophene rings is 2. The number of esters is 1. The molecule has 8 heteroatoms. The summed E-state index contributed by atoms with van der Waals surface area (Å²) in [6.45, 7) is 3.70. The highest BCUT2D eigenvalue weighted by atomic mass is 32.1. The minimum absolute atomic E-state index is 0.195. The number of hydrogen-bond acceptors (Lipinski definition) is 6. The number of nitrogens with one attached hydrogen (secondary N) is 2. The molecule has 144 valence electrons. The second-order valence-electron chi connectivity index (χ2n) is 5.94. The zero-order valence-electron chi connectivity index (χ0n) is 15.5. The molecule has 0 saturated heterocycles. The maximum Gasteiger partial charge on any atom is 0.341 e. The Bertz CT molecular complexity index is 1020. The van der Waals surface area contributed by atoms with Crippen molar-refractivity contribution in [1.82, 2.24) is 0 Å². The van der Waals surface area contributed by atoms with Crippen LogP contribution >= 0.6 is 22.7 Å². The van der Waals surface area contributed by atoms with Gasteiger partial charge >= 0.3 is 5.97 Å². The zero-order chi connectivity index (χ0) is 20.3. The summed E-state index contributed by atoms with van der Waals surface area (Å²) in [6.07, 6.45) is 0. The minimum Gasteiger partial charge on any atom is -0.465 e. The largest absolute Gasteiger partial charge is 0.465 e. The first-order chi connectivity index (χ1) is 13.4. The predicted octanol–water partition coefficient (Wildman–Crippen LogP) is 4.72. The molecule has 6 nitrogen and oxygen atoms in total. The molecular weight excluding hydrogens is 396 g/mol. The molecule has 0 radical (unpaired) electrons. The summed E-state index contributed by atoms with van der Waals surface area (Å²) < 4.78 is 4.82. The number of hydrogen-bond donors (Lipinski definition) is 2. The maximum atomic E-state index is 12.6. The third kappa shape index (κ3) is 4.13. The van der Waals surface area contributed by atoms with Gasteiger partial charge < -0.3 is 15.4 Å². The van der Waals surface area contributed by atoms with Crippen LogP contribution in [-0.2, 0) is 4.74 Å². The second-order valence-corrected chi connectivity index (χ2v) is 8.11. The van der Waals surface area contributed by atoms with E-state index in [0.717, 1.165) is 10.4 Å². The molecule has 2 N–H and O–H groups in total. The van der Waals surface area contributed by atoms with Crippen LogP contribution in [0.1, 0.15) is 40.8 Å². The van der Waals surface area contributed by atoms with Crippen molar-refractivity contribution in [3.63, 3.8) is 0 Å². The number of anilines is 2. The van der Waals surface area contributed by atoms with Crippen LogP contribution in [0.2, 0.25) is 0 Å². The predicted molar refractivity (Wildman–Crippen MR) is 112 cm³/mol. The minimum atomic E-state index is -0.483. The molecule has 0 unspecified atom stereocenters. The van der Waals surface area contributed by atoms with Gasteiger partial charge in [0.15, 0.2) is 0 Å². The van der Waals surface area contributed by atoms with E-state index in [1.165, 1.54) is 29.8 Å². The van der Waals surface area contributed by atoms with Crippen molar-refractivity contribution in [2.45, 2.75) is 13.8 Å². The number of methoxy groups -OCH3 is 1. The van der Waals surface area contributed by atoms with E-state index in [9.17, 15) is 14.4 Å². The lowest BCUT2D eigenvalue weighted by molar-refractivity contribution is 0.0601. The van der Waals surface area contributed by atoms with Crippen LogP contribution in [0.4, 0.5) is 10.7 Å². The van der Waals surface area contributed by atoms with Crippen molar-refractivity contribution < 1.29 is 19.1 Å². The fourth-order valence-corrected chi connectivity index (χ4v) is 4.21. The van der Waals surface area contributed by atoms with E-state index in [1.54, 1.807) is 30.3 Å². The number of rotatable bonds is 5. The van der Waals surface area contributed by atoms with Crippen molar-refractivity contribution in [1.29, 1.82) is 0 Å². The van der Waals surface area contributed by atoms with Crippen molar-refractivity contribution in [2.24, 2.45) is 0 Å². The van der Waals surface area contributed by atoms with Gasteiger partial charge in [0.05, 0.1) is 17.6 Å². The molecule has 0 saturated carbocycles. The molecule has 0 atom stereocenters. The Balaban J connectivity index is 1.73. The third-order valence-electron chi connectivity index (χ3n) is 4.15. The molecule has 0 aliphatic heterocycles. The normalized spacial score (nSPS) is 10.4. The molecule has 2 aromatic heterocycles. The van der Waals surface area contributed by atoms with Gasteiger partial charge in [-0.1, -0.05) is 6.07 Å². The van der Waals surface area contributed by atoms with Crippen molar-refractivity contribution in [3.8, 4) is 0 Å². The Morgan fingerprint density at radius 2 is 1.68 bits per heavy atom. The topological polar surface area (TPSA) is 84.5 Å². The maximum absolute atomic E-state index is 12.6. The second kappa shape index (κ2) is 8.37. The van der Waals surface area contributed by atoms with E-state index in [0.29, 0.717) is 26.7 Å². The van der Waals surface area contributed by atoms with Crippen LogP contribution < -0.4 is 10.6 Å².